The molecule has 1 aliphatic carbocycles. The van der Waals surface area contributed by atoms with E-state index in [1.54, 1.807) is 31.3 Å². The number of nitrogens with two attached hydrogens (primary N) is 1. The summed E-state index contributed by atoms with van der Waals surface area (Å²) in [6, 6.07) is 12.8. The first-order chi connectivity index (χ1) is 25.0. The predicted octanol–water partition coefficient (Wildman–Crippen LogP) is 6.79. The Kier molecular flexibility index (Phi) is 11.1. The van der Waals surface area contributed by atoms with Crippen LogP contribution in [0.4, 0.5) is 16.0 Å². The van der Waals surface area contributed by atoms with Gasteiger partial charge in [0.15, 0.2) is 5.82 Å². The first-order valence-corrected chi connectivity index (χ1v) is 24.6. The van der Waals surface area contributed by atoms with E-state index < -0.39 is 38.7 Å². The number of benzene rings is 2. The third-order valence-corrected chi connectivity index (χ3v) is 17.1. The number of carbonyl (C=O) groups excluding carboxylic acids is 2. The smallest absolute Gasteiger partial charge is 0.368 e. The number of nitrogen functional groups attached to an aromatic ring is 1. The maximum absolute atomic E-state index is 16.0. The Balaban J connectivity index is 0.955. The standard InChI is InChI=1S/C38H43FN6O4S2.In/c1-3-20-51(48,49)44-30-10-7-9-29(33(30)39)34-35(31-16-19-41-37(40)42-31)50-36(43-34)27-14-17-38(18-15-27)23-45(24-38)32(47)11-6-4-5-8-26-13-12-25(2)28(21-26)22-46;/h7,9-10,12-13,16,19,21,27,44H,2-6,8,11,14-15,17-18,20,23-24H2,1H3,(H2,40,41,42);. The van der Waals surface area contributed by atoms with Gasteiger partial charge in [-0.05, 0) is 50.3 Å². The van der Waals surface area contributed by atoms with Gasteiger partial charge in [-0.15, -0.1) is 11.3 Å². The Morgan fingerprint density at radius 2 is 1.90 bits per heavy atom. The van der Waals surface area contributed by atoms with E-state index >= 15 is 4.39 Å². The molecule has 1 amide bonds. The summed E-state index contributed by atoms with van der Waals surface area (Å²) in [6.07, 6.45) is 10.2. The monoisotopic (exact) mass is 845 g/mol. The van der Waals surface area contributed by atoms with E-state index in [1.165, 1.54) is 28.5 Å². The molecule has 14 heteroatoms. The van der Waals surface area contributed by atoms with Gasteiger partial charge >= 0.3 is 131 Å². The van der Waals surface area contributed by atoms with E-state index in [0.717, 1.165) is 79.2 Å². The number of rotatable bonds is 13. The topological polar surface area (TPSA) is 148 Å². The fourth-order valence-corrected chi connectivity index (χ4v) is 13.7. The number of aryl methyl sites for hydroxylation is 1. The first kappa shape index (κ1) is 37.0. The molecule has 1 saturated heterocycles. The SMILES string of the molecule is CCCS(=O)(=O)Nc1cccc(-c2nc(C3CCC4(CC3)CN(C(=O)CCCCCc3ccc5c(c3)[C](=O)[In][CH2]5)C4)sc2-c2ccnc(N)n2)c1F. The van der Waals surface area contributed by atoms with E-state index in [-0.39, 0.29) is 40.2 Å². The third-order valence-electron chi connectivity index (χ3n) is 10.6. The number of likely N-dealkylation sites (tertiary alicyclic amines) is 1. The molecule has 0 bridgehead atoms. The second kappa shape index (κ2) is 15.5. The van der Waals surface area contributed by atoms with Gasteiger partial charge in [-0.3, -0.25) is 4.72 Å². The molecule has 4 aromatic rings. The minimum Gasteiger partial charge on any atom is -0.368 e. The molecule has 1 radical (unpaired) electrons. The average Bonchev–Trinajstić information content (AvgIpc) is 3.72. The summed E-state index contributed by atoms with van der Waals surface area (Å²) in [5.74, 6) is -0.294. The molecule has 2 aromatic heterocycles. The van der Waals surface area contributed by atoms with Crippen LogP contribution in [-0.2, 0) is 25.4 Å². The molecule has 0 unspecified atom stereocenters. The zero-order valence-electron chi connectivity index (χ0n) is 29.4. The molecule has 10 nitrogen and oxygen atoms in total. The molecule has 1 spiro atoms. The van der Waals surface area contributed by atoms with E-state index in [4.69, 9.17) is 10.7 Å². The molecular weight excluding hydrogens is 802 g/mol. The molecule has 3 aliphatic rings. The Morgan fingerprint density at radius 1 is 1.10 bits per heavy atom. The van der Waals surface area contributed by atoms with Gasteiger partial charge in [-0.2, -0.15) is 0 Å². The molecule has 2 fully saturated rings. The zero-order valence-corrected chi connectivity index (χ0v) is 34.3. The van der Waals surface area contributed by atoms with Crippen molar-refractivity contribution in [1.82, 2.24) is 19.9 Å². The van der Waals surface area contributed by atoms with Crippen LogP contribution in [0.5, 0.6) is 0 Å². The van der Waals surface area contributed by atoms with Crippen molar-refractivity contribution < 1.29 is 22.4 Å². The number of sulfonamides is 1. The first-order valence-electron chi connectivity index (χ1n) is 18.2. The summed E-state index contributed by atoms with van der Waals surface area (Å²) in [4.78, 5) is 41.3. The van der Waals surface area contributed by atoms with Crippen molar-refractivity contribution in [3.05, 3.63) is 76.2 Å². The van der Waals surface area contributed by atoms with Gasteiger partial charge in [-0.1, -0.05) is 13.0 Å². The minimum absolute atomic E-state index is 0.0960. The summed E-state index contributed by atoms with van der Waals surface area (Å²) >= 11 is 0.395. The van der Waals surface area contributed by atoms with Crippen molar-refractivity contribution in [2.24, 2.45) is 5.41 Å². The van der Waals surface area contributed by atoms with Crippen LogP contribution in [0.25, 0.3) is 21.8 Å². The number of aromatic nitrogens is 3. The molecule has 3 N–H and O–H groups in total. The van der Waals surface area contributed by atoms with Crippen LogP contribution >= 0.6 is 11.3 Å². The molecule has 52 heavy (non-hydrogen) atoms. The number of amides is 1. The fourth-order valence-electron chi connectivity index (χ4n) is 7.82. The third kappa shape index (κ3) is 8.08. The Labute approximate surface area is 319 Å². The van der Waals surface area contributed by atoms with Crippen LogP contribution in [0.3, 0.4) is 0 Å². The maximum atomic E-state index is 16.0. The number of thiazole rings is 1. The number of hydrogen-bond acceptors (Lipinski definition) is 9. The number of halogens is 1. The molecule has 271 valence electrons. The number of hydrogen-bond donors (Lipinski definition) is 2. The van der Waals surface area contributed by atoms with Crippen LogP contribution in [0.1, 0.15) is 97.1 Å². The van der Waals surface area contributed by atoms with Gasteiger partial charge in [0, 0.05) is 23.1 Å². The van der Waals surface area contributed by atoms with Crippen molar-refractivity contribution in [2.75, 3.05) is 29.3 Å². The van der Waals surface area contributed by atoms with E-state index in [9.17, 15) is 18.0 Å². The van der Waals surface area contributed by atoms with Gasteiger partial charge in [0.1, 0.15) is 0 Å². The van der Waals surface area contributed by atoms with Crippen LogP contribution in [-0.4, -0.2) is 79.5 Å². The van der Waals surface area contributed by atoms with Crippen molar-refractivity contribution >= 4 is 65.3 Å². The molecular formula is C38H43FInN6O4S2. The number of carbonyl (C=O) groups is 2. The van der Waals surface area contributed by atoms with Gasteiger partial charge in [-0.25, -0.2) is 27.8 Å². The van der Waals surface area contributed by atoms with E-state index in [0.29, 0.717) is 32.6 Å². The molecule has 1 saturated carbocycles. The molecule has 2 aliphatic heterocycles. The number of nitrogens with zero attached hydrogens (tertiary/aromatic N) is 4. The van der Waals surface area contributed by atoms with Crippen molar-refractivity contribution in [3.8, 4) is 21.8 Å². The minimum atomic E-state index is -3.70. The Bertz CT molecular complexity index is 2090. The van der Waals surface area contributed by atoms with Gasteiger partial charge in [0.05, 0.1) is 32.7 Å². The summed E-state index contributed by atoms with van der Waals surface area (Å²) in [6.45, 7) is 3.35. The number of fused-ring (bicyclic) bond motifs is 1. The number of anilines is 2. The van der Waals surface area contributed by atoms with Crippen LogP contribution in [0.2, 0.25) is 0 Å². The van der Waals surface area contributed by atoms with Crippen molar-refractivity contribution in [3.63, 3.8) is 0 Å². The zero-order chi connectivity index (χ0) is 36.5. The van der Waals surface area contributed by atoms with Gasteiger partial charge in [0.25, 0.3) is 0 Å². The van der Waals surface area contributed by atoms with E-state index in [2.05, 4.69) is 32.9 Å². The molecule has 0 atom stereocenters. The summed E-state index contributed by atoms with van der Waals surface area (Å²) in [5.41, 5.74) is 10.5. The fraction of sp³-hybridized carbons (Fsp3) is 0.447. The van der Waals surface area contributed by atoms with Crippen LogP contribution in [0.15, 0.2) is 48.7 Å². The average molecular weight is 846 g/mol. The second-order valence-corrected chi connectivity index (χ2v) is 21.2. The van der Waals surface area contributed by atoms with Crippen molar-refractivity contribution in [1.29, 1.82) is 0 Å². The second-order valence-electron chi connectivity index (χ2n) is 14.5. The number of unbranched alkanes of at least 4 members (excludes halogenated alkanes) is 2. The number of nitrogens with one attached hydrogen (secondary N) is 1. The summed E-state index contributed by atoms with van der Waals surface area (Å²) in [7, 11) is -3.70. The van der Waals surface area contributed by atoms with Crippen LogP contribution < -0.4 is 10.5 Å². The Morgan fingerprint density at radius 3 is 2.67 bits per heavy atom. The van der Waals surface area contributed by atoms with Crippen molar-refractivity contribution in [2.45, 2.75) is 81.2 Å². The van der Waals surface area contributed by atoms with Crippen LogP contribution in [0, 0.1) is 11.2 Å². The predicted molar refractivity (Wildman–Crippen MR) is 203 cm³/mol. The molecule has 7 rings (SSSR count). The van der Waals surface area contributed by atoms with Gasteiger partial charge in [0.2, 0.25) is 16.0 Å². The van der Waals surface area contributed by atoms with Gasteiger partial charge < -0.3 is 5.73 Å². The van der Waals surface area contributed by atoms with E-state index in [1.807, 2.05) is 4.90 Å². The molecule has 2 aromatic carbocycles. The normalized spacial score (nSPS) is 16.8. The Hall–Kier alpha value is -3.36. The quantitative estimate of drug-likeness (QED) is 0.140. The molecule has 4 heterocycles. The summed E-state index contributed by atoms with van der Waals surface area (Å²) in [5, 5.41) is 0.884. The summed E-state index contributed by atoms with van der Waals surface area (Å²) < 4.78 is 44.8.